The third-order valence-corrected chi connectivity index (χ3v) is 6.27. The maximum atomic E-state index is 14.8. The van der Waals surface area contributed by atoms with Gasteiger partial charge in [0.05, 0.1) is 12.1 Å². The molecule has 1 aliphatic carbocycles. The first kappa shape index (κ1) is 25.1. The van der Waals surface area contributed by atoms with Crippen LogP contribution in [0.3, 0.4) is 0 Å². The lowest BCUT2D eigenvalue weighted by atomic mass is 10.0. The highest BCUT2D eigenvalue weighted by Gasteiger charge is 2.66. The molecule has 1 aromatic carbocycles. The van der Waals surface area contributed by atoms with Crippen molar-refractivity contribution in [2.75, 3.05) is 10.6 Å². The predicted octanol–water partition coefficient (Wildman–Crippen LogP) is 4.49. The van der Waals surface area contributed by atoms with E-state index < -0.39 is 23.3 Å². The summed E-state index contributed by atoms with van der Waals surface area (Å²) in [6.45, 7) is 0. The van der Waals surface area contributed by atoms with Gasteiger partial charge in [0.25, 0.3) is 0 Å². The summed E-state index contributed by atoms with van der Waals surface area (Å²) in [4.78, 5) is 32.3. The van der Waals surface area contributed by atoms with Gasteiger partial charge in [-0.25, -0.2) is 14.4 Å². The third kappa shape index (κ3) is 4.99. The highest BCUT2D eigenvalue weighted by Crippen LogP contribution is 2.59. The molecule has 0 unspecified atom stereocenters. The van der Waals surface area contributed by atoms with E-state index in [9.17, 15) is 27.2 Å². The fourth-order valence-electron chi connectivity index (χ4n) is 3.92. The number of rotatable bonds is 7. The van der Waals surface area contributed by atoms with Gasteiger partial charge in [0.2, 0.25) is 17.4 Å². The molecule has 1 amide bonds. The molecule has 196 valence electrons. The van der Waals surface area contributed by atoms with Crippen molar-refractivity contribution in [3.05, 3.63) is 82.5 Å². The van der Waals surface area contributed by atoms with Crippen molar-refractivity contribution >= 4 is 23.4 Å². The largest absolute Gasteiger partial charge is 0.401 e. The Morgan fingerprint density at radius 2 is 1.84 bits per heavy atom. The number of nitrogens with one attached hydrogen (secondary N) is 2. The molecule has 2 N–H and O–H groups in total. The van der Waals surface area contributed by atoms with E-state index in [1.54, 1.807) is 25.4 Å². The van der Waals surface area contributed by atoms with Gasteiger partial charge in [-0.15, -0.1) is 0 Å². The molecule has 13 heteroatoms. The average molecular weight is 528 g/mol. The Hall–Kier alpha value is -4.55. The fraction of sp³-hybridized carbons (Fsp3) is 0.240. The quantitative estimate of drug-likeness (QED) is 0.340. The molecule has 38 heavy (non-hydrogen) atoms. The first-order valence-electron chi connectivity index (χ1n) is 11.4. The van der Waals surface area contributed by atoms with Gasteiger partial charge in [-0.1, -0.05) is 17.3 Å². The fourth-order valence-corrected chi connectivity index (χ4v) is 3.92. The van der Waals surface area contributed by atoms with Gasteiger partial charge in [0.1, 0.15) is 11.2 Å². The number of alkyl halides is 3. The SMILES string of the molecule is Cn1cc(Nc2ncc(-c3ccc(CC(=O)Nc4cc(C5(C(F)(F)F)CC5)on4)c(F)c3)cn2)ccc1=O. The maximum Gasteiger partial charge on any atom is 0.401 e. The Labute approximate surface area is 212 Å². The molecule has 1 fully saturated rings. The predicted molar refractivity (Wildman–Crippen MR) is 128 cm³/mol. The molecule has 9 nitrogen and oxygen atoms in total. The van der Waals surface area contributed by atoms with Crippen molar-refractivity contribution in [1.82, 2.24) is 19.7 Å². The first-order valence-corrected chi connectivity index (χ1v) is 11.4. The van der Waals surface area contributed by atoms with Crippen molar-refractivity contribution in [1.29, 1.82) is 0 Å². The second-order valence-corrected chi connectivity index (χ2v) is 8.97. The van der Waals surface area contributed by atoms with Gasteiger partial charge >= 0.3 is 6.18 Å². The van der Waals surface area contributed by atoms with Crippen molar-refractivity contribution in [3.8, 4) is 11.1 Å². The number of benzene rings is 1. The average Bonchev–Trinajstić information content (AvgIpc) is 3.57. The van der Waals surface area contributed by atoms with E-state index in [4.69, 9.17) is 4.52 Å². The number of carbonyl (C=O) groups excluding carboxylic acids is 1. The minimum atomic E-state index is -4.47. The van der Waals surface area contributed by atoms with Crippen LogP contribution >= 0.6 is 0 Å². The number of pyridine rings is 1. The molecule has 0 atom stereocenters. The van der Waals surface area contributed by atoms with Gasteiger partial charge < -0.3 is 19.7 Å². The Balaban J connectivity index is 1.22. The number of aromatic nitrogens is 4. The minimum absolute atomic E-state index is 0.0813. The van der Waals surface area contributed by atoms with Crippen LogP contribution in [0.4, 0.5) is 35.0 Å². The third-order valence-electron chi connectivity index (χ3n) is 6.27. The smallest absolute Gasteiger partial charge is 0.358 e. The molecule has 1 aliphatic rings. The summed E-state index contributed by atoms with van der Waals surface area (Å²) in [5.74, 6) is -1.56. The molecular formula is C25H20F4N6O3. The number of nitrogens with zero attached hydrogens (tertiary/aromatic N) is 4. The van der Waals surface area contributed by atoms with Crippen molar-refractivity contribution in [3.63, 3.8) is 0 Å². The van der Waals surface area contributed by atoms with Crippen LogP contribution in [0.15, 0.2) is 64.3 Å². The normalized spacial score (nSPS) is 14.2. The molecule has 5 rings (SSSR count). The van der Waals surface area contributed by atoms with Gasteiger partial charge in [-0.3, -0.25) is 9.59 Å². The lowest BCUT2D eigenvalue weighted by molar-refractivity contribution is -0.165. The molecule has 0 radical (unpaired) electrons. The van der Waals surface area contributed by atoms with Gasteiger partial charge in [-0.2, -0.15) is 13.2 Å². The lowest BCUT2D eigenvalue weighted by Crippen LogP contribution is -2.28. The van der Waals surface area contributed by atoms with Crippen LogP contribution in [0.5, 0.6) is 0 Å². The van der Waals surface area contributed by atoms with Crippen LogP contribution < -0.4 is 16.2 Å². The van der Waals surface area contributed by atoms with E-state index in [1.165, 1.54) is 35.2 Å². The van der Waals surface area contributed by atoms with Gasteiger partial charge in [-0.05, 0) is 36.1 Å². The number of anilines is 3. The molecular weight excluding hydrogens is 508 g/mol. The van der Waals surface area contributed by atoms with Crippen LogP contribution in [0, 0.1) is 5.82 Å². The van der Waals surface area contributed by atoms with Crippen LogP contribution in [-0.4, -0.2) is 31.8 Å². The number of aryl methyl sites for hydroxylation is 1. The zero-order valence-corrected chi connectivity index (χ0v) is 19.8. The molecule has 0 aliphatic heterocycles. The molecule has 0 spiro atoms. The summed E-state index contributed by atoms with van der Waals surface area (Å²) >= 11 is 0. The van der Waals surface area contributed by atoms with E-state index in [2.05, 4.69) is 25.8 Å². The van der Waals surface area contributed by atoms with E-state index >= 15 is 0 Å². The van der Waals surface area contributed by atoms with Crippen LogP contribution in [-0.2, 0) is 23.7 Å². The highest BCUT2D eigenvalue weighted by atomic mass is 19.4. The molecule has 3 heterocycles. The molecule has 0 bridgehead atoms. The molecule has 0 saturated heterocycles. The van der Waals surface area contributed by atoms with Crippen molar-refractivity contribution < 1.29 is 26.9 Å². The number of halogens is 4. The summed E-state index contributed by atoms with van der Waals surface area (Å²) in [5, 5.41) is 8.81. The van der Waals surface area contributed by atoms with Crippen LogP contribution in [0.2, 0.25) is 0 Å². The zero-order valence-electron chi connectivity index (χ0n) is 19.8. The lowest BCUT2D eigenvalue weighted by Gasteiger charge is -2.14. The van der Waals surface area contributed by atoms with E-state index in [0.29, 0.717) is 16.8 Å². The topological polar surface area (TPSA) is 115 Å². The van der Waals surface area contributed by atoms with E-state index in [0.717, 1.165) is 6.07 Å². The monoisotopic (exact) mass is 528 g/mol. The Morgan fingerprint density at radius 1 is 1.11 bits per heavy atom. The second-order valence-electron chi connectivity index (χ2n) is 8.97. The summed E-state index contributed by atoms with van der Waals surface area (Å²) in [6, 6.07) is 8.31. The standard InChI is InChI=1S/C25H20F4N6O3/c1-35-13-17(4-5-22(35)37)32-23-30-11-16(12-31-23)14-2-3-15(18(26)8-14)9-21(36)33-20-10-19(38-34-20)24(6-7-24)25(27,28)29/h2-5,8,10-13H,6-7,9H2,1H3,(H,30,31,32)(H,33,34,36). The highest BCUT2D eigenvalue weighted by molar-refractivity contribution is 5.91. The van der Waals surface area contributed by atoms with Crippen LogP contribution in [0.1, 0.15) is 24.2 Å². The Morgan fingerprint density at radius 3 is 2.47 bits per heavy atom. The summed E-state index contributed by atoms with van der Waals surface area (Å²) in [7, 11) is 1.62. The number of carbonyl (C=O) groups is 1. The summed E-state index contributed by atoms with van der Waals surface area (Å²) in [5.41, 5.74) is -0.511. The van der Waals surface area contributed by atoms with Crippen LogP contribution in [0.25, 0.3) is 11.1 Å². The van der Waals surface area contributed by atoms with E-state index in [1.807, 2.05) is 0 Å². The zero-order chi connectivity index (χ0) is 27.1. The number of amides is 1. The Kier molecular flexibility index (Phi) is 6.21. The number of hydrogen-bond acceptors (Lipinski definition) is 7. The second kappa shape index (κ2) is 9.39. The van der Waals surface area contributed by atoms with Gasteiger partial charge in [0, 0.05) is 43.3 Å². The molecule has 3 aromatic heterocycles. The molecule has 4 aromatic rings. The summed E-state index contributed by atoms with van der Waals surface area (Å²) in [6.07, 6.45) is -0.451. The van der Waals surface area contributed by atoms with Crippen molar-refractivity contribution in [2.24, 2.45) is 7.05 Å². The first-order chi connectivity index (χ1) is 18.0. The maximum absolute atomic E-state index is 14.8. The van der Waals surface area contributed by atoms with E-state index in [-0.39, 0.29) is 47.9 Å². The Bertz CT molecular complexity index is 1560. The molecule has 1 saturated carbocycles. The van der Waals surface area contributed by atoms with Crippen molar-refractivity contribution in [2.45, 2.75) is 30.9 Å². The minimum Gasteiger partial charge on any atom is -0.358 e. The summed E-state index contributed by atoms with van der Waals surface area (Å²) < 4.78 is 60.7. The van der Waals surface area contributed by atoms with Gasteiger partial charge in [0.15, 0.2) is 11.6 Å². The number of hydrogen-bond donors (Lipinski definition) is 2.